The Morgan fingerprint density at radius 2 is 2.11 bits per heavy atom. The third-order valence-corrected chi connectivity index (χ3v) is 3.09. The number of hydrogen-bond acceptors (Lipinski definition) is 4. The Morgan fingerprint density at radius 1 is 1.44 bits per heavy atom. The van der Waals surface area contributed by atoms with Gasteiger partial charge in [0.1, 0.15) is 0 Å². The molecule has 102 valence electrons. The van der Waals surface area contributed by atoms with Crippen LogP contribution in [0.4, 0.5) is 0 Å². The summed E-state index contributed by atoms with van der Waals surface area (Å²) in [5.41, 5.74) is 0. The average molecular weight is 255 g/mol. The average Bonchev–Trinajstić information content (AvgIpc) is 2.63. The maximum absolute atomic E-state index is 11.9. The molecule has 1 saturated heterocycles. The van der Waals surface area contributed by atoms with Crippen LogP contribution in [-0.4, -0.2) is 60.2 Å². The molecule has 1 rings (SSSR count). The van der Waals surface area contributed by atoms with E-state index in [2.05, 4.69) is 5.32 Å². The Hall–Kier alpha value is -1.43. The summed E-state index contributed by atoms with van der Waals surface area (Å²) in [6, 6.07) is -0.543. The lowest BCUT2D eigenvalue weighted by molar-refractivity contribution is -0.138. The van der Waals surface area contributed by atoms with Gasteiger partial charge in [0.2, 0.25) is 17.7 Å². The molecule has 0 spiro atoms. The fraction of sp³-hybridized carbons (Fsp3) is 0.750. The molecule has 0 aliphatic carbocycles. The van der Waals surface area contributed by atoms with Crippen LogP contribution in [0.15, 0.2) is 0 Å². The van der Waals surface area contributed by atoms with Crippen LogP contribution in [0.5, 0.6) is 0 Å². The Balaban J connectivity index is 2.47. The van der Waals surface area contributed by atoms with E-state index in [1.54, 1.807) is 11.9 Å². The van der Waals surface area contributed by atoms with Gasteiger partial charge in [0, 0.05) is 20.1 Å². The Labute approximate surface area is 107 Å². The second-order valence-electron chi connectivity index (χ2n) is 4.43. The molecular weight excluding hydrogens is 234 g/mol. The van der Waals surface area contributed by atoms with Crippen molar-refractivity contribution in [3.63, 3.8) is 0 Å². The van der Waals surface area contributed by atoms with Gasteiger partial charge in [-0.05, 0) is 13.3 Å². The molecule has 0 aromatic carbocycles. The first-order valence-corrected chi connectivity index (χ1v) is 6.32. The summed E-state index contributed by atoms with van der Waals surface area (Å²) in [7, 11) is 1.70. The van der Waals surface area contributed by atoms with Crippen molar-refractivity contribution in [1.82, 2.24) is 15.1 Å². The van der Waals surface area contributed by atoms with Gasteiger partial charge in [0.05, 0.1) is 19.0 Å². The molecule has 0 saturated carbocycles. The zero-order chi connectivity index (χ0) is 13.7. The van der Waals surface area contributed by atoms with Crippen molar-refractivity contribution in [1.29, 1.82) is 0 Å². The molecule has 1 N–H and O–H groups in total. The fourth-order valence-corrected chi connectivity index (χ4v) is 1.82. The van der Waals surface area contributed by atoms with Gasteiger partial charge in [-0.2, -0.15) is 0 Å². The van der Waals surface area contributed by atoms with Crippen molar-refractivity contribution in [2.24, 2.45) is 0 Å². The number of nitrogens with zero attached hydrogens (tertiary/aromatic N) is 2. The molecule has 0 bridgehead atoms. The van der Waals surface area contributed by atoms with Crippen molar-refractivity contribution in [2.45, 2.75) is 32.7 Å². The largest absolute Gasteiger partial charge is 0.345 e. The van der Waals surface area contributed by atoms with Gasteiger partial charge in [-0.25, -0.2) is 0 Å². The van der Waals surface area contributed by atoms with Crippen LogP contribution >= 0.6 is 0 Å². The summed E-state index contributed by atoms with van der Waals surface area (Å²) in [4.78, 5) is 37.9. The van der Waals surface area contributed by atoms with Crippen molar-refractivity contribution < 1.29 is 14.4 Å². The molecule has 18 heavy (non-hydrogen) atoms. The summed E-state index contributed by atoms with van der Waals surface area (Å²) >= 11 is 0. The predicted octanol–water partition coefficient (Wildman–Crippen LogP) is -0.408. The molecule has 6 nitrogen and oxygen atoms in total. The molecule has 3 amide bonds. The first-order valence-electron chi connectivity index (χ1n) is 6.32. The quantitative estimate of drug-likeness (QED) is 0.655. The molecule has 1 aliphatic rings. The lowest BCUT2D eigenvalue weighted by Crippen LogP contribution is -2.44. The molecular formula is C12H21N3O3. The first kappa shape index (κ1) is 14.6. The van der Waals surface area contributed by atoms with Gasteiger partial charge in [0.15, 0.2) is 0 Å². The highest BCUT2D eigenvalue weighted by atomic mass is 16.2. The number of carbonyl (C=O) groups excluding carboxylic acids is 3. The van der Waals surface area contributed by atoms with E-state index in [4.69, 9.17) is 0 Å². The van der Waals surface area contributed by atoms with E-state index >= 15 is 0 Å². The predicted molar refractivity (Wildman–Crippen MR) is 66.7 cm³/mol. The zero-order valence-electron chi connectivity index (χ0n) is 11.2. The minimum atomic E-state index is -0.543. The van der Waals surface area contributed by atoms with Crippen LogP contribution in [0.3, 0.4) is 0 Å². The van der Waals surface area contributed by atoms with Gasteiger partial charge in [0.25, 0.3) is 0 Å². The van der Waals surface area contributed by atoms with Crippen molar-refractivity contribution >= 4 is 17.7 Å². The smallest absolute Gasteiger partial charge is 0.246 e. The van der Waals surface area contributed by atoms with Gasteiger partial charge in [-0.3, -0.25) is 24.6 Å². The molecule has 6 heteroatoms. The lowest BCUT2D eigenvalue weighted by atomic mass is 10.2. The van der Waals surface area contributed by atoms with Gasteiger partial charge in [-0.15, -0.1) is 0 Å². The Kier molecular flexibility index (Phi) is 5.27. The summed E-state index contributed by atoms with van der Waals surface area (Å²) in [5, 5.41) is 2.86. The normalized spacial score (nSPS) is 19.5. The number of likely N-dealkylation sites (N-methyl/N-ethyl adjacent to an activating group) is 1. The number of nitrogens with one attached hydrogen (secondary N) is 1. The van der Waals surface area contributed by atoms with Crippen LogP contribution in [0.2, 0.25) is 0 Å². The summed E-state index contributed by atoms with van der Waals surface area (Å²) in [5.74, 6) is -0.448. The van der Waals surface area contributed by atoms with Crippen LogP contribution in [0, 0.1) is 0 Å². The SMILES string of the molecule is CCCN1C(=O)CC(NCC(=O)N(C)CC)C1=O. The summed E-state index contributed by atoms with van der Waals surface area (Å²) in [6.07, 6.45) is 0.906. The standard InChI is InChI=1S/C12H21N3O3/c1-4-6-15-10(16)7-9(12(15)18)13-8-11(17)14(3)5-2/h9,13H,4-8H2,1-3H3. The van der Waals surface area contributed by atoms with E-state index in [1.807, 2.05) is 13.8 Å². The number of rotatable bonds is 6. The summed E-state index contributed by atoms with van der Waals surface area (Å²) in [6.45, 7) is 4.97. The number of imide groups is 1. The topological polar surface area (TPSA) is 69.7 Å². The van der Waals surface area contributed by atoms with Crippen LogP contribution < -0.4 is 5.32 Å². The van der Waals surface area contributed by atoms with E-state index in [1.165, 1.54) is 4.90 Å². The van der Waals surface area contributed by atoms with Gasteiger partial charge >= 0.3 is 0 Å². The van der Waals surface area contributed by atoms with Gasteiger partial charge in [-0.1, -0.05) is 6.92 Å². The monoisotopic (exact) mass is 255 g/mol. The second kappa shape index (κ2) is 6.49. The van der Waals surface area contributed by atoms with E-state index in [-0.39, 0.29) is 30.7 Å². The maximum atomic E-state index is 11.9. The van der Waals surface area contributed by atoms with E-state index in [9.17, 15) is 14.4 Å². The summed E-state index contributed by atoms with van der Waals surface area (Å²) < 4.78 is 0. The number of hydrogen-bond donors (Lipinski definition) is 1. The van der Waals surface area contributed by atoms with Gasteiger partial charge < -0.3 is 4.90 Å². The molecule has 0 radical (unpaired) electrons. The number of amides is 3. The van der Waals surface area contributed by atoms with Crippen molar-refractivity contribution in [2.75, 3.05) is 26.7 Å². The van der Waals surface area contributed by atoms with E-state index in [0.29, 0.717) is 13.1 Å². The molecule has 0 aromatic rings. The fourth-order valence-electron chi connectivity index (χ4n) is 1.82. The highest BCUT2D eigenvalue weighted by Crippen LogP contribution is 2.13. The third-order valence-electron chi connectivity index (χ3n) is 3.09. The second-order valence-corrected chi connectivity index (χ2v) is 4.43. The molecule has 1 aliphatic heterocycles. The van der Waals surface area contributed by atoms with Crippen molar-refractivity contribution in [3.05, 3.63) is 0 Å². The van der Waals surface area contributed by atoms with Crippen LogP contribution in [0.25, 0.3) is 0 Å². The zero-order valence-corrected chi connectivity index (χ0v) is 11.2. The molecule has 1 heterocycles. The Bertz CT molecular complexity index is 343. The van der Waals surface area contributed by atoms with E-state index < -0.39 is 6.04 Å². The Morgan fingerprint density at radius 3 is 2.67 bits per heavy atom. The molecule has 0 aromatic heterocycles. The molecule has 1 atom stereocenters. The minimum absolute atomic E-state index is 0.0771. The molecule has 1 fully saturated rings. The number of carbonyl (C=O) groups is 3. The minimum Gasteiger partial charge on any atom is -0.345 e. The first-order chi connectivity index (χ1) is 8.51. The van der Waals surface area contributed by atoms with Crippen molar-refractivity contribution in [3.8, 4) is 0 Å². The highest BCUT2D eigenvalue weighted by Gasteiger charge is 2.37. The van der Waals surface area contributed by atoms with Crippen LogP contribution in [-0.2, 0) is 14.4 Å². The lowest BCUT2D eigenvalue weighted by Gasteiger charge is -2.17. The van der Waals surface area contributed by atoms with E-state index in [0.717, 1.165) is 6.42 Å². The maximum Gasteiger partial charge on any atom is 0.246 e. The highest BCUT2D eigenvalue weighted by molar-refractivity contribution is 6.05. The number of likely N-dealkylation sites (tertiary alicyclic amines) is 1. The third kappa shape index (κ3) is 3.29. The van der Waals surface area contributed by atoms with Crippen LogP contribution in [0.1, 0.15) is 26.7 Å². The molecule has 1 unspecified atom stereocenters.